The van der Waals surface area contributed by atoms with Crippen molar-refractivity contribution in [1.29, 1.82) is 5.26 Å². The van der Waals surface area contributed by atoms with Crippen LogP contribution in [0, 0.1) is 18.3 Å². The van der Waals surface area contributed by atoms with Crippen LogP contribution in [0.15, 0.2) is 47.8 Å². The second-order valence-electron chi connectivity index (χ2n) is 5.63. The molecule has 0 bridgehead atoms. The molecule has 0 saturated heterocycles. The maximum Gasteiger partial charge on any atom is 0.161 e. The second kappa shape index (κ2) is 7.85. The number of rotatable bonds is 5. The van der Waals surface area contributed by atoms with Gasteiger partial charge in [-0.3, -0.25) is 0 Å². The van der Waals surface area contributed by atoms with E-state index in [2.05, 4.69) is 11.1 Å². The molecule has 5 heteroatoms. The maximum atomic E-state index is 9.57. The first-order valence-corrected chi connectivity index (χ1v) is 8.90. The summed E-state index contributed by atoms with van der Waals surface area (Å²) in [6.07, 6.45) is 1.88. The van der Waals surface area contributed by atoms with Crippen molar-refractivity contribution in [3.63, 3.8) is 0 Å². The van der Waals surface area contributed by atoms with Gasteiger partial charge in [-0.1, -0.05) is 24.3 Å². The lowest BCUT2D eigenvalue weighted by molar-refractivity contribution is 0.355. The molecule has 26 heavy (non-hydrogen) atoms. The lowest BCUT2D eigenvalue weighted by Crippen LogP contribution is -1.91. The number of hydrogen-bond acceptors (Lipinski definition) is 5. The predicted octanol–water partition coefficient (Wildman–Crippen LogP) is 5.20. The number of aromatic nitrogens is 1. The van der Waals surface area contributed by atoms with Gasteiger partial charge in [0.15, 0.2) is 11.5 Å². The van der Waals surface area contributed by atoms with Crippen molar-refractivity contribution in [2.75, 3.05) is 14.2 Å². The third-order valence-electron chi connectivity index (χ3n) is 4.02. The van der Waals surface area contributed by atoms with Crippen molar-refractivity contribution < 1.29 is 9.47 Å². The molecule has 0 atom stereocenters. The van der Waals surface area contributed by atoms with E-state index in [-0.39, 0.29) is 0 Å². The van der Waals surface area contributed by atoms with Crippen LogP contribution in [0.25, 0.3) is 22.9 Å². The highest BCUT2D eigenvalue weighted by Gasteiger charge is 2.12. The molecule has 1 aromatic heterocycles. The van der Waals surface area contributed by atoms with E-state index in [9.17, 15) is 5.26 Å². The Morgan fingerprint density at radius 2 is 1.88 bits per heavy atom. The lowest BCUT2D eigenvalue weighted by atomic mass is 10.1. The summed E-state index contributed by atoms with van der Waals surface area (Å²) in [5, 5.41) is 12.2. The quantitative estimate of drug-likeness (QED) is 0.585. The smallest absolute Gasteiger partial charge is 0.161 e. The fraction of sp³-hybridized carbons (Fsp3) is 0.143. The Bertz CT molecular complexity index is 999. The highest BCUT2D eigenvalue weighted by molar-refractivity contribution is 7.11. The van der Waals surface area contributed by atoms with Crippen LogP contribution in [0.5, 0.6) is 11.5 Å². The lowest BCUT2D eigenvalue weighted by Gasteiger charge is -2.08. The van der Waals surface area contributed by atoms with E-state index >= 15 is 0 Å². The summed E-state index contributed by atoms with van der Waals surface area (Å²) in [6.45, 7) is 2.03. The predicted molar refractivity (Wildman–Crippen MR) is 105 cm³/mol. The first-order chi connectivity index (χ1) is 12.7. The van der Waals surface area contributed by atoms with Gasteiger partial charge in [0.05, 0.1) is 25.5 Å². The average Bonchev–Trinajstić information content (AvgIpc) is 3.16. The van der Waals surface area contributed by atoms with Crippen molar-refractivity contribution in [2.45, 2.75) is 6.92 Å². The summed E-state index contributed by atoms with van der Waals surface area (Å²) in [7, 11) is 3.21. The van der Waals surface area contributed by atoms with Crippen LogP contribution >= 0.6 is 11.3 Å². The highest BCUT2D eigenvalue weighted by Crippen LogP contribution is 2.34. The Hall–Kier alpha value is -3.10. The van der Waals surface area contributed by atoms with Crippen molar-refractivity contribution in [3.8, 4) is 28.8 Å². The third kappa shape index (κ3) is 3.61. The normalized spacial score (nSPS) is 11.1. The van der Waals surface area contributed by atoms with Gasteiger partial charge in [0.1, 0.15) is 11.1 Å². The van der Waals surface area contributed by atoms with Gasteiger partial charge in [-0.25, -0.2) is 4.98 Å². The molecule has 0 unspecified atom stereocenters. The molecule has 0 amide bonds. The van der Waals surface area contributed by atoms with E-state index in [1.807, 2.05) is 60.8 Å². The van der Waals surface area contributed by atoms with Crippen LogP contribution in [0.3, 0.4) is 0 Å². The summed E-state index contributed by atoms with van der Waals surface area (Å²) < 4.78 is 10.6. The summed E-state index contributed by atoms with van der Waals surface area (Å²) in [5.74, 6) is 1.32. The minimum absolute atomic E-state index is 0.552. The topological polar surface area (TPSA) is 55.1 Å². The number of nitrogens with zero attached hydrogens (tertiary/aromatic N) is 2. The van der Waals surface area contributed by atoms with Crippen molar-refractivity contribution in [3.05, 3.63) is 64.0 Å². The van der Waals surface area contributed by atoms with Gasteiger partial charge in [0.2, 0.25) is 0 Å². The molecule has 0 aliphatic heterocycles. The van der Waals surface area contributed by atoms with Crippen LogP contribution < -0.4 is 9.47 Å². The summed E-state index contributed by atoms with van der Waals surface area (Å²) >= 11 is 1.45. The zero-order chi connectivity index (χ0) is 18.5. The van der Waals surface area contributed by atoms with Crippen LogP contribution in [0.4, 0.5) is 0 Å². The van der Waals surface area contributed by atoms with Gasteiger partial charge in [-0.15, -0.1) is 11.3 Å². The molecule has 0 aliphatic rings. The van der Waals surface area contributed by atoms with Crippen LogP contribution in [-0.2, 0) is 0 Å². The SMILES string of the molecule is COc1ccc(-c2csc(/C(C#N)=C\c3ccccc3C)n2)cc1OC. The average molecular weight is 362 g/mol. The van der Waals surface area contributed by atoms with E-state index in [0.717, 1.165) is 22.4 Å². The van der Waals surface area contributed by atoms with Crippen molar-refractivity contribution in [1.82, 2.24) is 4.98 Å². The van der Waals surface area contributed by atoms with Crippen molar-refractivity contribution >= 4 is 23.0 Å². The van der Waals surface area contributed by atoms with Crippen LogP contribution in [-0.4, -0.2) is 19.2 Å². The number of benzene rings is 2. The Balaban J connectivity index is 1.97. The van der Waals surface area contributed by atoms with Gasteiger partial charge in [-0.2, -0.15) is 5.26 Å². The molecule has 4 nitrogen and oxygen atoms in total. The molecule has 0 saturated carbocycles. The molecule has 3 aromatic rings. The van der Waals surface area contributed by atoms with E-state index in [4.69, 9.17) is 9.47 Å². The van der Waals surface area contributed by atoms with Gasteiger partial charge in [-0.05, 0) is 42.3 Å². The number of nitriles is 1. The molecule has 1 heterocycles. The first-order valence-electron chi connectivity index (χ1n) is 8.02. The molecular weight excluding hydrogens is 344 g/mol. The Kier molecular flexibility index (Phi) is 5.35. The maximum absolute atomic E-state index is 9.57. The fourth-order valence-corrected chi connectivity index (χ4v) is 3.37. The standard InChI is InChI=1S/C21H18N2O2S/c1-14-6-4-5-7-15(14)10-17(12-22)21-23-18(13-26-21)16-8-9-19(24-2)20(11-16)25-3/h4-11,13H,1-3H3/b17-10-. The van der Waals surface area contributed by atoms with Crippen LogP contribution in [0.1, 0.15) is 16.1 Å². The highest BCUT2D eigenvalue weighted by atomic mass is 32.1. The summed E-state index contributed by atoms with van der Waals surface area (Å²) in [5.41, 5.74) is 4.41. The van der Waals surface area contributed by atoms with E-state index < -0.39 is 0 Å². The van der Waals surface area contributed by atoms with Crippen LogP contribution in [0.2, 0.25) is 0 Å². The number of allylic oxidation sites excluding steroid dienone is 1. The number of hydrogen-bond donors (Lipinski definition) is 0. The fourth-order valence-electron chi connectivity index (χ4n) is 2.57. The van der Waals surface area contributed by atoms with Gasteiger partial charge in [0.25, 0.3) is 0 Å². The molecule has 0 fully saturated rings. The largest absolute Gasteiger partial charge is 0.493 e. The van der Waals surface area contributed by atoms with Gasteiger partial charge >= 0.3 is 0 Å². The van der Waals surface area contributed by atoms with E-state index in [1.54, 1.807) is 14.2 Å². The van der Waals surface area contributed by atoms with E-state index in [0.29, 0.717) is 22.1 Å². The van der Waals surface area contributed by atoms with Gasteiger partial charge < -0.3 is 9.47 Å². The molecule has 130 valence electrons. The van der Waals surface area contributed by atoms with Crippen molar-refractivity contribution in [2.24, 2.45) is 0 Å². The number of aryl methyl sites for hydroxylation is 1. The van der Waals surface area contributed by atoms with E-state index in [1.165, 1.54) is 11.3 Å². The third-order valence-corrected chi connectivity index (χ3v) is 4.90. The molecule has 0 N–H and O–H groups in total. The summed E-state index contributed by atoms with van der Waals surface area (Å²) in [6, 6.07) is 15.9. The molecule has 0 spiro atoms. The first kappa shape index (κ1) is 17.7. The Morgan fingerprint density at radius 1 is 1.12 bits per heavy atom. The minimum Gasteiger partial charge on any atom is -0.493 e. The minimum atomic E-state index is 0.552. The summed E-state index contributed by atoms with van der Waals surface area (Å²) in [4.78, 5) is 4.64. The zero-order valence-corrected chi connectivity index (χ0v) is 15.6. The number of methoxy groups -OCH3 is 2. The number of thiazole rings is 1. The molecule has 2 aromatic carbocycles. The number of ether oxygens (including phenoxy) is 2. The Morgan fingerprint density at radius 3 is 2.58 bits per heavy atom. The molecular formula is C21H18N2O2S. The zero-order valence-electron chi connectivity index (χ0n) is 14.8. The Labute approximate surface area is 157 Å². The second-order valence-corrected chi connectivity index (χ2v) is 6.49. The molecule has 0 aliphatic carbocycles. The molecule has 0 radical (unpaired) electrons. The monoisotopic (exact) mass is 362 g/mol. The van der Waals surface area contributed by atoms with Gasteiger partial charge in [0, 0.05) is 10.9 Å². The molecule has 3 rings (SSSR count).